The van der Waals surface area contributed by atoms with Crippen LogP contribution in [0.15, 0.2) is 36.4 Å². The SMILES string of the molecule is CCCC/C=C/C(=O)OC1CCC(c2ccc(C34CCC(CCCCC)(CC3)CC4)cc2)CC1. The molecule has 0 heterocycles. The number of carbonyl (C=O) groups is 1. The number of benzene rings is 1. The lowest BCUT2D eigenvalue weighted by Crippen LogP contribution is -2.44. The van der Waals surface area contributed by atoms with Gasteiger partial charge in [-0.1, -0.05) is 76.3 Å². The van der Waals surface area contributed by atoms with E-state index in [4.69, 9.17) is 4.74 Å². The van der Waals surface area contributed by atoms with Crippen molar-refractivity contribution in [2.45, 2.75) is 140 Å². The number of allylic oxidation sites excluding steroid dienone is 1. The summed E-state index contributed by atoms with van der Waals surface area (Å²) in [4.78, 5) is 12.1. The molecule has 2 nitrogen and oxygen atoms in total. The van der Waals surface area contributed by atoms with Crippen molar-refractivity contribution in [1.29, 1.82) is 0 Å². The normalized spacial score (nSPS) is 31.1. The molecule has 34 heavy (non-hydrogen) atoms. The van der Waals surface area contributed by atoms with Crippen LogP contribution in [0.4, 0.5) is 0 Å². The van der Waals surface area contributed by atoms with Gasteiger partial charge in [0.05, 0.1) is 0 Å². The molecule has 0 radical (unpaired) electrons. The van der Waals surface area contributed by atoms with E-state index in [2.05, 4.69) is 38.1 Å². The molecular formula is C32H48O2. The number of hydrogen-bond donors (Lipinski definition) is 0. The van der Waals surface area contributed by atoms with Gasteiger partial charge < -0.3 is 4.74 Å². The van der Waals surface area contributed by atoms with E-state index in [9.17, 15) is 4.79 Å². The zero-order valence-electron chi connectivity index (χ0n) is 22.0. The standard InChI is InChI=1S/C32H48O2/c1-3-5-7-8-10-30(33)34-29-17-13-27(14-18-29)26-11-15-28(16-12-26)32-23-20-31(21-24-32,22-25-32)19-9-6-4-2/h8,10-12,15-16,27,29H,3-7,9,13-14,17-25H2,1-2H3/b10-8+. The molecule has 4 aliphatic carbocycles. The van der Waals surface area contributed by atoms with Crippen molar-refractivity contribution in [2.75, 3.05) is 0 Å². The Kier molecular flexibility index (Phi) is 8.94. The van der Waals surface area contributed by atoms with E-state index in [1.54, 1.807) is 11.6 Å². The fourth-order valence-electron chi connectivity index (χ4n) is 7.15. The van der Waals surface area contributed by atoms with Gasteiger partial charge in [-0.2, -0.15) is 0 Å². The monoisotopic (exact) mass is 464 g/mol. The maximum atomic E-state index is 12.1. The van der Waals surface area contributed by atoms with E-state index < -0.39 is 0 Å². The van der Waals surface area contributed by atoms with Crippen LogP contribution in [0.3, 0.4) is 0 Å². The molecule has 4 aliphatic rings. The molecule has 2 heteroatoms. The summed E-state index contributed by atoms with van der Waals surface area (Å²) < 4.78 is 5.70. The molecule has 0 spiro atoms. The van der Waals surface area contributed by atoms with Crippen molar-refractivity contribution in [1.82, 2.24) is 0 Å². The Morgan fingerprint density at radius 2 is 1.53 bits per heavy atom. The zero-order valence-corrected chi connectivity index (χ0v) is 22.0. The average molecular weight is 465 g/mol. The smallest absolute Gasteiger partial charge is 0.330 e. The minimum Gasteiger partial charge on any atom is -0.459 e. The summed E-state index contributed by atoms with van der Waals surface area (Å²) in [5.74, 6) is 0.461. The van der Waals surface area contributed by atoms with E-state index in [0.717, 1.165) is 44.9 Å². The summed E-state index contributed by atoms with van der Waals surface area (Å²) >= 11 is 0. The maximum absolute atomic E-state index is 12.1. The Morgan fingerprint density at radius 3 is 2.15 bits per heavy atom. The highest BCUT2D eigenvalue weighted by molar-refractivity contribution is 5.82. The van der Waals surface area contributed by atoms with E-state index in [0.29, 0.717) is 16.7 Å². The highest BCUT2D eigenvalue weighted by Gasteiger charge is 2.48. The number of hydrogen-bond acceptors (Lipinski definition) is 2. The Hall–Kier alpha value is -1.57. The first kappa shape index (κ1) is 25.5. The quantitative estimate of drug-likeness (QED) is 0.185. The second-order valence-electron chi connectivity index (χ2n) is 11.8. The van der Waals surface area contributed by atoms with Crippen molar-refractivity contribution >= 4 is 5.97 Å². The van der Waals surface area contributed by atoms with Crippen molar-refractivity contribution < 1.29 is 9.53 Å². The van der Waals surface area contributed by atoms with Gasteiger partial charge in [0.2, 0.25) is 0 Å². The van der Waals surface area contributed by atoms with Crippen LogP contribution in [0.5, 0.6) is 0 Å². The number of esters is 1. The third-order valence-electron chi connectivity index (χ3n) is 9.64. The summed E-state index contributed by atoms with van der Waals surface area (Å²) in [5, 5.41) is 0. The number of carbonyl (C=O) groups excluding carboxylic acids is 1. The van der Waals surface area contributed by atoms with Crippen LogP contribution in [-0.4, -0.2) is 12.1 Å². The van der Waals surface area contributed by atoms with E-state index in [1.165, 1.54) is 69.8 Å². The molecular weight excluding hydrogens is 416 g/mol. The molecule has 0 saturated heterocycles. The Morgan fingerprint density at radius 1 is 0.882 bits per heavy atom. The van der Waals surface area contributed by atoms with Gasteiger partial charge in [-0.05, 0) is 105 Å². The van der Waals surface area contributed by atoms with E-state index in [1.807, 2.05) is 6.08 Å². The first-order chi connectivity index (χ1) is 16.6. The third kappa shape index (κ3) is 6.16. The topological polar surface area (TPSA) is 26.3 Å². The third-order valence-corrected chi connectivity index (χ3v) is 9.64. The summed E-state index contributed by atoms with van der Waals surface area (Å²) in [7, 11) is 0. The predicted molar refractivity (Wildman–Crippen MR) is 142 cm³/mol. The molecule has 0 aliphatic heterocycles. The predicted octanol–water partition coefficient (Wildman–Crippen LogP) is 9.17. The Bertz CT molecular complexity index is 772. The van der Waals surface area contributed by atoms with Crippen molar-refractivity contribution in [3.05, 3.63) is 47.5 Å². The molecule has 0 amide bonds. The molecule has 4 saturated carbocycles. The minimum absolute atomic E-state index is 0.0970. The van der Waals surface area contributed by atoms with Gasteiger partial charge in [-0.15, -0.1) is 0 Å². The largest absolute Gasteiger partial charge is 0.459 e. The molecule has 1 aromatic rings. The van der Waals surface area contributed by atoms with Crippen LogP contribution in [0.1, 0.15) is 140 Å². The van der Waals surface area contributed by atoms with Gasteiger partial charge in [0.15, 0.2) is 0 Å². The maximum Gasteiger partial charge on any atom is 0.330 e. The van der Waals surface area contributed by atoms with Gasteiger partial charge in [0, 0.05) is 6.08 Å². The van der Waals surface area contributed by atoms with E-state index >= 15 is 0 Å². The minimum atomic E-state index is -0.155. The van der Waals surface area contributed by atoms with Crippen LogP contribution in [0.2, 0.25) is 0 Å². The summed E-state index contributed by atoms with van der Waals surface area (Å²) in [6, 6.07) is 9.79. The first-order valence-corrected chi connectivity index (χ1v) is 14.6. The fraction of sp³-hybridized carbons (Fsp3) is 0.719. The number of fused-ring (bicyclic) bond motifs is 3. The molecule has 5 rings (SSSR count). The zero-order chi connectivity index (χ0) is 23.9. The van der Waals surface area contributed by atoms with Gasteiger partial charge >= 0.3 is 5.97 Å². The lowest BCUT2D eigenvalue weighted by Gasteiger charge is -2.54. The van der Waals surface area contributed by atoms with Crippen LogP contribution < -0.4 is 0 Å². The fourth-order valence-corrected chi connectivity index (χ4v) is 7.15. The molecule has 0 N–H and O–H groups in total. The lowest BCUT2D eigenvalue weighted by atomic mass is 9.51. The molecule has 0 atom stereocenters. The molecule has 0 unspecified atom stereocenters. The van der Waals surface area contributed by atoms with Gasteiger partial charge in [0.1, 0.15) is 6.10 Å². The number of unbranched alkanes of at least 4 members (excludes halogenated alkanes) is 4. The van der Waals surface area contributed by atoms with Crippen LogP contribution >= 0.6 is 0 Å². The average Bonchev–Trinajstić information content (AvgIpc) is 2.88. The van der Waals surface area contributed by atoms with Crippen LogP contribution in [0, 0.1) is 5.41 Å². The van der Waals surface area contributed by atoms with Crippen LogP contribution in [-0.2, 0) is 14.9 Å². The number of rotatable bonds is 11. The molecule has 4 fully saturated rings. The first-order valence-electron chi connectivity index (χ1n) is 14.6. The lowest BCUT2D eigenvalue weighted by molar-refractivity contribution is -0.144. The summed E-state index contributed by atoms with van der Waals surface area (Å²) in [5.41, 5.74) is 4.24. The highest BCUT2D eigenvalue weighted by atomic mass is 16.5. The second-order valence-corrected chi connectivity index (χ2v) is 11.8. The van der Waals surface area contributed by atoms with Crippen molar-refractivity contribution in [3.63, 3.8) is 0 Å². The Balaban J connectivity index is 1.25. The second kappa shape index (κ2) is 11.9. The summed E-state index contributed by atoms with van der Waals surface area (Å²) in [6.07, 6.45) is 25.4. The van der Waals surface area contributed by atoms with Crippen molar-refractivity contribution in [3.8, 4) is 0 Å². The molecule has 1 aromatic carbocycles. The van der Waals surface area contributed by atoms with Crippen molar-refractivity contribution in [2.24, 2.45) is 5.41 Å². The van der Waals surface area contributed by atoms with E-state index in [-0.39, 0.29) is 12.1 Å². The van der Waals surface area contributed by atoms with Gasteiger partial charge in [-0.3, -0.25) is 0 Å². The molecule has 188 valence electrons. The Labute approximate surface area is 208 Å². The van der Waals surface area contributed by atoms with Gasteiger partial charge in [0.25, 0.3) is 0 Å². The number of ether oxygens (including phenoxy) is 1. The summed E-state index contributed by atoms with van der Waals surface area (Å²) in [6.45, 7) is 4.49. The molecule has 0 aromatic heterocycles. The van der Waals surface area contributed by atoms with Gasteiger partial charge in [-0.25, -0.2) is 4.79 Å². The highest BCUT2D eigenvalue weighted by Crippen LogP contribution is 2.59. The molecule has 2 bridgehead atoms. The van der Waals surface area contributed by atoms with Crippen LogP contribution in [0.25, 0.3) is 0 Å².